The van der Waals surface area contributed by atoms with Crippen molar-refractivity contribution in [2.24, 2.45) is 5.92 Å². The quantitative estimate of drug-likeness (QED) is 0.738. The first-order valence-electron chi connectivity index (χ1n) is 5.40. The molecule has 0 N–H and O–H groups in total. The molecule has 1 saturated heterocycles. The van der Waals surface area contributed by atoms with Crippen LogP contribution in [0.2, 0.25) is 0 Å². The van der Waals surface area contributed by atoms with E-state index in [4.69, 9.17) is 0 Å². The zero-order valence-corrected chi connectivity index (χ0v) is 9.80. The minimum atomic E-state index is 0.569. The van der Waals surface area contributed by atoms with Gasteiger partial charge in [-0.05, 0) is 25.3 Å². The lowest BCUT2D eigenvalue weighted by Gasteiger charge is -2.29. The van der Waals surface area contributed by atoms with Gasteiger partial charge in [0.05, 0.1) is 6.54 Å². The fourth-order valence-corrected chi connectivity index (χ4v) is 2.85. The van der Waals surface area contributed by atoms with Gasteiger partial charge >= 0.3 is 0 Å². The Morgan fingerprint density at radius 3 is 3.27 bits per heavy atom. The van der Waals surface area contributed by atoms with Gasteiger partial charge in [-0.2, -0.15) is 0 Å². The van der Waals surface area contributed by atoms with Gasteiger partial charge in [-0.25, -0.2) is 4.98 Å². The lowest BCUT2D eigenvalue weighted by Crippen LogP contribution is -2.33. The van der Waals surface area contributed by atoms with Crippen molar-refractivity contribution in [3.8, 4) is 0 Å². The Bertz CT molecular complexity index is 337. The van der Waals surface area contributed by atoms with Gasteiger partial charge in [0.25, 0.3) is 0 Å². The Balaban J connectivity index is 1.92. The van der Waals surface area contributed by atoms with E-state index in [1.807, 2.05) is 5.38 Å². The van der Waals surface area contributed by atoms with E-state index >= 15 is 0 Å². The highest BCUT2D eigenvalue weighted by Gasteiger charge is 2.17. The highest BCUT2D eigenvalue weighted by molar-refractivity contribution is 7.09. The second-order valence-electron chi connectivity index (χ2n) is 4.27. The number of rotatable bonds is 3. The third-order valence-corrected chi connectivity index (χ3v) is 3.64. The Hall–Kier alpha value is -0.740. The van der Waals surface area contributed by atoms with Gasteiger partial charge in [0, 0.05) is 11.9 Å². The van der Waals surface area contributed by atoms with E-state index in [-0.39, 0.29) is 0 Å². The minimum Gasteiger partial charge on any atom is -0.296 e. The molecule has 0 spiro atoms. The normalized spacial score (nSPS) is 22.9. The molecule has 0 saturated carbocycles. The van der Waals surface area contributed by atoms with Crippen LogP contribution >= 0.6 is 11.3 Å². The number of piperidine rings is 1. The first-order valence-corrected chi connectivity index (χ1v) is 6.28. The van der Waals surface area contributed by atoms with Gasteiger partial charge in [-0.3, -0.25) is 9.69 Å². The molecule has 1 aromatic rings. The predicted molar refractivity (Wildman–Crippen MR) is 61.2 cm³/mol. The summed E-state index contributed by atoms with van der Waals surface area (Å²) in [7, 11) is 0. The number of hydrogen-bond acceptors (Lipinski definition) is 4. The summed E-state index contributed by atoms with van der Waals surface area (Å²) < 4.78 is 0. The summed E-state index contributed by atoms with van der Waals surface area (Å²) in [6, 6.07) is 0. The topological polar surface area (TPSA) is 33.2 Å². The van der Waals surface area contributed by atoms with Crippen molar-refractivity contribution in [2.75, 3.05) is 13.1 Å². The Morgan fingerprint density at radius 2 is 2.60 bits per heavy atom. The minimum absolute atomic E-state index is 0.569. The standard InChI is InChI=1S/C11H16N2OS/c1-9-3-2-4-13(5-9)6-11-12-10(7-14)8-15-11/h7-9H,2-6H2,1H3. The Labute approximate surface area is 94.1 Å². The van der Waals surface area contributed by atoms with Crippen molar-refractivity contribution in [3.05, 3.63) is 16.1 Å². The van der Waals surface area contributed by atoms with Crippen molar-refractivity contribution in [3.63, 3.8) is 0 Å². The fourth-order valence-electron chi connectivity index (χ4n) is 2.07. The molecule has 1 unspecified atom stereocenters. The van der Waals surface area contributed by atoms with E-state index in [1.165, 1.54) is 19.4 Å². The van der Waals surface area contributed by atoms with Crippen LogP contribution in [-0.2, 0) is 6.54 Å². The molecule has 1 fully saturated rings. The molecule has 1 aromatic heterocycles. The van der Waals surface area contributed by atoms with E-state index < -0.39 is 0 Å². The Kier molecular flexibility index (Phi) is 3.49. The lowest BCUT2D eigenvalue weighted by molar-refractivity contribution is 0.111. The fraction of sp³-hybridized carbons (Fsp3) is 0.636. The SMILES string of the molecule is CC1CCCN(Cc2nc(C=O)cs2)C1. The maximum Gasteiger partial charge on any atom is 0.169 e. The third-order valence-electron chi connectivity index (χ3n) is 2.79. The number of aromatic nitrogens is 1. The van der Waals surface area contributed by atoms with E-state index in [2.05, 4.69) is 16.8 Å². The lowest BCUT2D eigenvalue weighted by atomic mass is 10.0. The zero-order valence-electron chi connectivity index (χ0n) is 8.98. The predicted octanol–water partition coefficient (Wildman–Crippen LogP) is 2.19. The molecule has 0 radical (unpaired) electrons. The second kappa shape index (κ2) is 4.86. The molecular weight excluding hydrogens is 208 g/mol. The average Bonchev–Trinajstić information content (AvgIpc) is 2.65. The number of hydrogen-bond donors (Lipinski definition) is 0. The molecule has 4 heteroatoms. The molecule has 15 heavy (non-hydrogen) atoms. The first kappa shape index (κ1) is 10.8. The average molecular weight is 224 g/mol. The van der Waals surface area contributed by atoms with Crippen molar-refractivity contribution < 1.29 is 4.79 Å². The number of carbonyl (C=O) groups is 1. The van der Waals surface area contributed by atoms with Crippen LogP contribution in [0.3, 0.4) is 0 Å². The Morgan fingerprint density at radius 1 is 1.73 bits per heavy atom. The summed E-state index contributed by atoms with van der Waals surface area (Å²) in [4.78, 5) is 17.2. The molecule has 2 heterocycles. The van der Waals surface area contributed by atoms with E-state index in [1.54, 1.807) is 11.3 Å². The zero-order chi connectivity index (χ0) is 10.7. The van der Waals surface area contributed by atoms with Crippen LogP contribution < -0.4 is 0 Å². The molecule has 1 aliphatic rings. The van der Waals surface area contributed by atoms with E-state index in [0.717, 1.165) is 30.3 Å². The maximum absolute atomic E-state index is 10.5. The van der Waals surface area contributed by atoms with Gasteiger partial charge < -0.3 is 0 Å². The van der Waals surface area contributed by atoms with Crippen LogP contribution in [0.4, 0.5) is 0 Å². The van der Waals surface area contributed by atoms with Crippen LogP contribution in [-0.4, -0.2) is 29.3 Å². The summed E-state index contributed by atoms with van der Waals surface area (Å²) >= 11 is 1.58. The monoisotopic (exact) mass is 224 g/mol. The van der Waals surface area contributed by atoms with Crippen molar-refractivity contribution >= 4 is 17.6 Å². The highest BCUT2D eigenvalue weighted by atomic mass is 32.1. The number of carbonyl (C=O) groups excluding carboxylic acids is 1. The van der Waals surface area contributed by atoms with Gasteiger partial charge in [0.1, 0.15) is 10.7 Å². The summed E-state index contributed by atoms with van der Waals surface area (Å²) in [5, 5.41) is 2.89. The molecule has 1 atom stereocenters. The van der Waals surface area contributed by atoms with Crippen molar-refractivity contribution in [1.29, 1.82) is 0 Å². The van der Waals surface area contributed by atoms with Crippen molar-refractivity contribution in [2.45, 2.75) is 26.3 Å². The molecule has 0 aromatic carbocycles. The number of nitrogens with zero attached hydrogens (tertiary/aromatic N) is 2. The molecule has 3 nitrogen and oxygen atoms in total. The molecule has 2 rings (SSSR count). The largest absolute Gasteiger partial charge is 0.296 e. The molecule has 0 aliphatic carbocycles. The van der Waals surface area contributed by atoms with Crippen LogP contribution in [0.25, 0.3) is 0 Å². The van der Waals surface area contributed by atoms with Crippen LogP contribution in [0.5, 0.6) is 0 Å². The number of likely N-dealkylation sites (tertiary alicyclic amines) is 1. The molecule has 0 bridgehead atoms. The molecule has 1 aliphatic heterocycles. The van der Waals surface area contributed by atoms with Gasteiger partial charge in [-0.1, -0.05) is 6.92 Å². The van der Waals surface area contributed by atoms with Crippen LogP contribution in [0.1, 0.15) is 35.3 Å². The van der Waals surface area contributed by atoms with Gasteiger partial charge in [0.2, 0.25) is 0 Å². The second-order valence-corrected chi connectivity index (χ2v) is 5.21. The summed E-state index contributed by atoms with van der Waals surface area (Å²) in [6.07, 6.45) is 3.44. The maximum atomic E-state index is 10.5. The van der Waals surface area contributed by atoms with E-state index in [0.29, 0.717) is 5.69 Å². The summed E-state index contributed by atoms with van der Waals surface area (Å²) in [6.45, 7) is 5.53. The molecular formula is C11H16N2OS. The molecule has 0 amide bonds. The first-order chi connectivity index (χ1) is 7.28. The highest BCUT2D eigenvalue weighted by Crippen LogP contribution is 2.19. The van der Waals surface area contributed by atoms with Crippen molar-refractivity contribution in [1.82, 2.24) is 9.88 Å². The summed E-state index contributed by atoms with van der Waals surface area (Å²) in [5.41, 5.74) is 0.569. The van der Waals surface area contributed by atoms with Gasteiger partial charge in [-0.15, -0.1) is 11.3 Å². The van der Waals surface area contributed by atoms with Gasteiger partial charge in [0.15, 0.2) is 6.29 Å². The van der Waals surface area contributed by atoms with Crippen LogP contribution in [0, 0.1) is 5.92 Å². The number of aldehydes is 1. The molecule has 82 valence electrons. The smallest absolute Gasteiger partial charge is 0.169 e. The number of thiazole rings is 1. The third kappa shape index (κ3) is 2.86. The summed E-state index contributed by atoms with van der Waals surface area (Å²) in [5.74, 6) is 0.796. The van der Waals surface area contributed by atoms with E-state index in [9.17, 15) is 4.79 Å². The van der Waals surface area contributed by atoms with Crippen LogP contribution in [0.15, 0.2) is 5.38 Å².